The van der Waals surface area contributed by atoms with Gasteiger partial charge in [0.15, 0.2) is 0 Å². The molecule has 1 aliphatic carbocycles. The van der Waals surface area contributed by atoms with Crippen LogP contribution in [0.5, 0.6) is 0 Å². The largest absolute Gasteiger partial charge is 0.349 e. The monoisotopic (exact) mass is 327 g/mol. The van der Waals surface area contributed by atoms with Gasteiger partial charge in [0.25, 0.3) is 5.91 Å². The molecular formula is C19H25N3O2. The van der Waals surface area contributed by atoms with Gasteiger partial charge in [-0.3, -0.25) is 9.59 Å². The fourth-order valence-corrected chi connectivity index (χ4v) is 4.02. The van der Waals surface area contributed by atoms with Crippen LogP contribution >= 0.6 is 0 Å². The SMILES string of the molecule is O=C(CC1CC2CCC(C1)N2)Nc1ccc(C(=O)NC2CC2)cc1. The first-order valence-electron chi connectivity index (χ1n) is 9.12. The second-order valence-electron chi connectivity index (χ2n) is 7.55. The molecule has 2 bridgehead atoms. The van der Waals surface area contributed by atoms with Crippen molar-refractivity contribution in [1.29, 1.82) is 0 Å². The van der Waals surface area contributed by atoms with E-state index >= 15 is 0 Å². The first-order chi connectivity index (χ1) is 11.7. The molecule has 3 aliphatic rings. The van der Waals surface area contributed by atoms with Crippen LogP contribution in [0.25, 0.3) is 0 Å². The van der Waals surface area contributed by atoms with Gasteiger partial charge in [-0.05, 0) is 68.7 Å². The second kappa shape index (κ2) is 6.55. The van der Waals surface area contributed by atoms with Crippen LogP contribution in [0.4, 0.5) is 5.69 Å². The number of rotatable bonds is 5. The van der Waals surface area contributed by atoms with Gasteiger partial charge in [-0.1, -0.05) is 0 Å². The van der Waals surface area contributed by atoms with E-state index in [-0.39, 0.29) is 11.8 Å². The molecule has 5 nitrogen and oxygen atoms in total. The quantitative estimate of drug-likeness (QED) is 0.778. The molecule has 24 heavy (non-hydrogen) atoms. The highest BCUT2D eigenvalue weighted by atomic mass is 16.2. The summed E-state index contributed by atoms with van der Waals surface area (Å²) in [7, 11) is 0. The second-order valence-corrected chi connectivity index (χ2v) is 7.55. The lowest BCUT2D eigenvalue weighted by Crippen LogP contribution is -2.39. The van der Waals surface area contributed by atoms with Crippen LogP contribution in [-0.4, -0.2) is 29.9 Å². The van der Waals surface area contributed by atoms with Gasteiger partial charge in [0, 0.05) is 35.8 Å². The number of amides is 2. The molecule has 128 valence electrons. The van der Waals surface area contributed by atoms with Crippen molar-refractivity contribution >= 4 is 17.5 Å². The summed E-state index contributed by atoms with van der Waals surface area (Å²) in [5, 5.41) is 9.54. The first-order valence-corrected chi connectivity index (χ1v) is 9.12. The summed E-state index contributed by atoms with van der Waals surface area (Å²) in [6.07, 6.45) is 7.50. The van der Waals surface area contributed by atoms with Crippen LogP contribution in [0.15, 0.2) is 24.3 Å². The van der Waals surface area contributed by atoms with E-state index in [1.54, 1.807) is 12.1 Å². The summed E-state index contributed by atoms with van der Waals surface area (Å²) in [6.45, 7) is 0. The Bertz CT molecular complexity index is 612. The molecule has 0 aromatic heterocycles. The Morgan fingerprint density at radius 3 is 2.29 bits per heavy atom. The van der Waals surface area contributed by atoms with E-state index in [0.29, 0.717) is 36.0 Å². The third-order valence-corrected chi connectivity index (χ3v) is 5.39. The standard InChI is InChI=1S/C19H25N3O2/c23-18(11-12-9-16-7-8-17(10-12)20-16)21-14-3-1-13(2-4-14)19(24)22-15-5-6-15/h1-4,12,15-17,20H,5-11H2,(H,21,23)(H,22,24). The molecule has 2 atom stereocenters. The van der Waals surface area contributed by atoms with Crippen LogP contribution in [-0.2, 0) is 4.79 Å². The van der Waals surface area contributed by atoms with Crippen molar-refractivity contribution in [2.24, 2.45) is 5.92 Å². The Labute approximate surface area is 142 Å². The lowest BCUT2D eigenvalue weighted by atomic mass is 9.89. The van der Waals surface area contributed by atoms with E-state index in [0.717, 1.165) is 31.4 Å². The fraction of sp³-hybridized carbons (Fsp3) is 0.579. The van der Waals surface area contributed by atoms with Crippen molar-refractivity contribution in [1.82, 2.24) is 10.6 Å². The third-order valence-electron chi connectivity index (χ3n) is 5.39. The molecule has 0 spiro atoms. The van der Waals surface area contributed by atoms with E-state index in [2.05, 4.69) is 16.0 Å². The first kappa shape index (κ1) is 15.6. The van der Waals surface area contributed by atoms with Gasteiger partial charge >= 0.3 is 0 Å². The van der Waals surface area contributed by atoms with Crippen molar-refractivity contribution in [3.63, 3.8) is 0 Å². The Kier molecular flexibility index (Phi) is 4.27. The zero-order valence-electron chi connectivity index (χ0n) is 13.9. The van der Waals surface area contributed by atoms with Crippen molar-refractivity contribution in [2.45, 2.75) is 63.1 Å². The smallest absolute Gasteiger partial charge is 0.251 e. The number of benzene rings is 1. The summed E-state index contributed by atoms with van der Waals surface area (Å²) in [5.74, 6) is 0.546. The summed E-state index contributed by atoms with van der Waals surface area (Å²) >= 11 is 0. The molecule has 2 aliphatic heterocycles. The summed E-state index contributed by atoms with van der Waals surface area (Å²) in [5.41, 5.74) is 1.41. The highest BCUT2D eigenvalue weighted by Gasteiger charge is 2.34. The average molecular weight is 327 g/mol. The minimum atomic E-state index is -0.0273. The van der Waals surface area contributed by atoms with Crippen LogP contribution in [0.1, 0.15) is 55.3 Å². The Morgan fingerprint density at radius 1 is 1.00 bits per heavy atom. The molecule has 4 rings (SSSR count). The van der Waals surface area contributed by atoms with Gasteiger partial charge in [0.1, 0.15) is 0 Å². The average Bonchev–Trinajstić information content (AvgIpc) is 3.31. The van der Waals surface area contributed by atoms with Gasteiger partial charge in [0.2, 0.25) is 5.91 Å². The third kappa shape index (κ3) is 3.78. The lowest BCUT2D eigenvalue weighted by Gasteiger charge is -2.28. The lowest BCUT2D eigenvalue weighted by molar-refractivity contribution is -0.117. The van der Waals surface area contributed by atoms with E-state index < -0.39 is 0 Å². The zero-order valence-corrected chi connectivity index (χ0v) is 13.9. The highest BCUT2D eigenvalue weighted by molar-refractivity contribution is 5.96. The maximum atomic E-state index is 12.3. The van der Waals surface area contributed by atoms with Gasteiger partial charge < -0.3 is 16.0 Å². The molecule has 1 aromatic carbocycles. The van der Waals surface area contributed by atoms with Crippen LogP contribution in [0.2, 0.25) is 0 Å². The number of carbonyl (C=O) groups is 2. The molecule has 5 heteroatoms. The predicted octanol–water partition coefficient (Wildman–Crippen LogP) is 2.44. The number of carbonyl (C=O) groups excluding carboxylic acids is 2. The van der Waals surface area contributed by atoms with Crippen molar-refractivity contribution in [3.8, 4) is 0 Å². The molecule has 2 saturated heterocycles. The van der Waals surface area contributed by atoms with E-state index in [4.69, 9.17) is 0 Å². The Hall–Kier alpha value is -1.88. The minimum absolute atomic E-state index is 0.0273. The minimum Gasteiger partial charge on any atom is -0.349 e. The zero-order chi connectivity index (χ0) is 16.5. The molecule has 3 N–H and O–H groups in total. The van der Waals surface area contributed by atoms with Crippen molar-refractivity contribution < 1.29 is 9.59 Å². The van der Waals surface area contributed by atoms with Crippen LogP contribution in [0.3, 0.4) is 0 Å². The summed E-state index contributed by atoms with van der Waals surface area (Å²) < 4.78 is 0. The van der Waals surface area contributed by atoms with Crippen molar-refractivity contribution in [2.75, 3.05) is 5.32 Å². The Morgan fingerprint density at radius 2 is 1.67 bits per heavy atom. The van der Waals surface area contributed by atoms with Crippen molar-refractivity contribution in [3.05, 3.63) is 29.8 Å². The molecule has 3 fully saturated rings. The molecule has 0 radical (unpaired) electrons. The molecular weight excluding hydrogens is 302 g/mol. The highest BCUT2D eigenvalue weighted by Crippen LogP contribution is 2.32. The van der Waals surface area contributed by atoms with Gasteiger partial charge in [-0.2, -0.15) is 0 Å². The number of piperidine rings is 1. The maximum absolute atomic E-state index is 12.3. The molecule has 1 aromatic rings. The maximum Gasteiger partial charge on any atom is 0.251 e. The normalized spacial score (nSPS) is 28.4. The number of nitrogens with one attached hydrogen (secondary N) is 3. The van der Waals surface area contributed by atoms with Crippen LogP contribution < -0.4 is 16.0 Å². The topological polar surface area (TPSA) is 70.2 Å². The number of hydrogen-bond donors (Lipinski definition) is 3. The van der Waals surface area contributed by atoms with E-state index in [9.17, 15) is 9.59 Å². The van der Waals surface area contributed by atoms with Gasteiger partial charge in [-0.25, -0.2) is 0 Å². The molecule has 2 unspecified atom stereocenters. The molecule has 2 heterocycles. The summed E-state index contributed by atoms with van der Waals surface area (Å²) in [4.78, 5) is 24.2. The fourth-order valence-electron chi connectivity index (χ4n) is 4.02. The predicted molar refractivity (Wildman–Crippen MR) is 92.8 cm³/mol. The number of anilines is 1. The Balaban J connectivity index is 1.28. The molecule has 1 saturated carbocycles. The summed E-state index contributed by atoms with van der Waals surface area (Å²) in [6, 6.07) is 8.77. The molecule has 2 amide bonds. The number of hydrogen-bond acceptors (Lipinski definition) is 3. The van der Waals surface area contributed by atoms with E-state index in [1.807, 2.05) is 12.1 Å². The van der Waals surface area contributed by atoms with Crippen LogP contribution in [0, 0.1) is 5.92 Å². The van der Waals surface area contributed by atoms with Gasteiger partial charge in [-0.15, -0.1) is 0 Å². The number of fused-ring (bicyclic) bond motifs is 2. The van der Waals surface area contributed by atoms with Gasteiger partial charge in [0.05, 0.1) is 0 Å². The van der Waals surface area contributed by atoms with E-state index in [1.165, 1.54) is 12.8 Å².